The van der Waals surface area contributed by atoms with Crippen LogP contribution in [-0.4, -0.2) is 9.38 Å². The van der Waals surface area contributed by atoms with Crippen LogP contribution in [0.2, 0.25) is 0 Å². The molecule has 0 atom stereocenters. The maximum absolute atomic E-state index is 3.43. The molecule has 2 aromatic carbocycles. The molecule has 0 bridgehead atoms. The molecule has 0 aliphatic carbocycles. The smallest absolute Gasteiger partial charge is 0.115 e. The summed E-state index contributed by atoms with van der Waals surface area (Å²) in [7, 11) is 0. The lowest BCUT2D eigenvalue weighted by atomic mass is 10.1. The molecular formula is C16H12N2. The molecule has 0 amide bonds. The van der Waals surface area contributed by atoms with E-state index in [-0.39, 0.29) is 0 Å². The lowest BCUT2D eigenvalue weighted by molar-refractivity contribution is 1.28. The van der Waals surface area contributed by atoms with E-state index in [1.165, 1.54) is 22.2 Å². The summed E-state index contributed by atoms with van der Waals surface area (Å²) >= 11 is 0. The first-order valence-electron chi connectivity index (χ1n) is 6.06. The Labute approximate surface area is 104 Å². The summed E-state index contributed by atoms with van der Waals surface area (Å²) in [5.74, 6) is 0. The summed E-state index contributed by atoms with van der Waals surface area (Å²) in [4.78, 5) is 3.43. The van der Waals surface area contributed by atoms with Gasteiger partial charge in [-0.1, -0.05) is 42.5 Å². The van der Waals surface area contributed by atoms with Gasteiger partial charge in [0.25, 0.3) is 0 Å². The molecule has 1 N–H and O–H groups in total. The van der Waals surface area contributed by atoms with Crippen molar-refractivity contribution in [1.82, 2.24) is 9.38 Å². The molecule has 0 aliphatic rings. The highest BCUT2D eigenvalue weighted by molar-refractivity contribution is 5.83. The van der Waals surface area contributed by atoms with E-state index in [0.717, 1.165) is 5.65 Å². The van der Waals surface area contributed by atoms with Crippen molar-refractivity contribution in [3.63, 3.8) is 0 Å². The minimum absolute atomic E-state index is 1.13. The van der Waals surface area contributed by atoms with Crippen LogP contribution in [-0.2, 0) is 0 Å². The number of nitrogens with zero attached hydrogens (tertiary/aromatic N) is 1. The van der Waals surface area contributed by atoms with E-state index in [1.807, 2.05) is 6.07 Å². The van der Waals surface area contributed by atoms with Gasteiger partial charge >= 0.3 is 0 Å². The topological polar surface area (TPSA) is 20.2 Å². The molecule has 0 radical (unpaired) electrons. The Morgan fingerprint density at radius 3 is 2.44 bits per heavy atom. The number of nitrogens with one attached hydrogen (secondary N) is 1. The van der Waals surface area contributed by atoms with Gasteiger partial charge in [-0.3, -0.25) is 0 Å². The SMILES string of the molecule is c1ccc(-c2cc3[nH]c4ccccc4n3c2)cc1. The Morgan fingerprint density at radius 2 is 1.56 bits per heavy atom. The van der Waals surface area contributed by atoms with E-state index in [4.69, 9.17) is 0 Å². The second-order valence-corrected chi connectivity index (χ2v) is 4.49. The number of hydrogen-bond acceptors (Lipinski definition) is 0. The van der Waals surface area contributed by atoms with E-state index >= 15 is 0 Å². The number of para-hydroxylation sites is 2. The molecule has 2 aromatic heterocycles. The number of H-pyrrole nitrogens is 1. The molecule has 2 nitrogen and oxygen atoms in total. The molecule has 0 aliphatic heterocycles. The standard InChI is InChI=1S/C16H12N2/c1-2-6-12(7-3-1)13-10-16-17-14-8-4-5-9-15(14)18(16)11-13/h1-11,17H. The molecule has 0 saturated carbocycles. The first-order valence-corrected chi connectivity index (χ1v) is 6.06. The predicted molar refractivity (Wildman–Crippen MR) is 74.7 cm³/mol. The minimum atomic E-state index is 1.13. The zero-order valence-corrected chi connectivity index (χ0v) is 9.80. The maximum atomic E-state index is 3.43. The number of rotatable bonds is 1. The summed E-state index contributed by atoms with van der Waals surface area (Å²) in [6.45, 7) is 0. The number of aromatic amines is 1. The Morgan fingerprint density at radius 1 is 0.778 bits per heavy atom. The van der Waals surface area contributed by atoms with Crippen molar-refractivity contribution in [1.29, 1.82) is 0 Å². The predicted octanol–water partition coefficient (Wildman–Crippen LogP) is 4.09. The van der Waals surface area contributed by atoms with E-state index < -0.39 is 0 Å². The molecule has 2 heterocycles. The normalized spacial score (nSPS) is 11.3. The minimum Gasteiger partial charge on any atom is -0.340 e. The number of aromatic nitrogens is 2. The van der Waals surface area contributed by atoms with Crippen LogP contribution in [0.15, 0.2) is 66.9 Å². The van der Waals surface area contributed by atoms with Gasteiger partial charge in [0.2, 0.25) is 0 Å². The Hall–Kier alpha value is -2.48. The van der Waals surface area contributed by atoms with Crippen molar-refractivity contribution < 1.29 is 0 Å². The van der Waals surface area contributed by atoms with Gasteiger partial charge in [0.1, 0.15) is 5.65 Å². The van der Waals surface area contributed by atoms with Crippen LogP contribution < -0.4 is 0 Å². The Kier molecular flexibility index (Phi) is 1.86. The largest absolute Gasteiger partial charge is 0.340 e. The third kappa shape index (κ3) is 1.29. The zero-order chi connectivity index (χ0) is 11.9. The van der Waals surface area contributed by atoms with Crippen molar-refractivity contribution in [2.75, 3.05) is 0 Å². The van der Waals surface area contributed by atoms with Gasteiger partial charge in [0, 0.05) is 11.8 Å². The number of benzene rings is 2. The average Bonchev–Trinajstić information content (AvgIpc) is 2.97. The van der Waals surface area contributed by atoms with Gasteiger partial charge in [-0.2, -0.15) is 0 Å². The third-order valence-electron chi connectivity index (χ3n) is 3.35. The maximum Gasteiger partial charge on any atom is 0.115 e. The molecule has 18 heavy (non-hydrogen) atoms. The third-order valence-corrected chi connectivity index (χ3v) is 3.35. The second kappa shape index (κ2) is 3.50. The highest BCUT2D eigenvalue weighted by Gasteiger charge is 2.06. The number of hydrogen-bond donors (Lipinski definition) is 1. The summed E-state index contributed by atoms with van der Waals surface area (Å²) in [5, 5.41) is 0. The molecule has 0 spiro atoms. The monoisotopic (exact) mass is 232 g/mol. The molecule has 4 aromatic rings. The van der Waals surface area contributed by atoms with Crippen molar-refractivity contribution in [3.05, 3.63) is 66.9 Å². The summed E-state index contributed by atoms with van der Waals surface area (Å²) in [6.07, 6.45) is 2.18. The van der Waals surface area contributed by atoms with Crippen LogP contribution in [0.5, 0.6) is 0 Å². The van der Waals surface area contributed by atoms with Crippen molar-refractivity contribution in [2.45, 2.75) is 0 Å². The van der Waals surface area contributed by atoms with Crippen molar-refractivity contribution in [2.24, 2.45) is 0 Å². The van der Waals surface area contributed by atoms with Gasteiger partial charge in [0.15, 0.2) is 0 Å². The van der Waals surface area contributed by atoms with E-state index in [9.17, 15) is 0 Å². The van der Waals surface area contributed by atoms with Gasteiger partial charge in [-0.05, 0) is 23.8 Å². The van der Waals surface area contributed by atoms with E-state index in [0.29, 0.717) is 0 Å². The first-order chi connectivity index (χ1) is 8.92. The highest BCUT2D eigenvalue weighted by Crippen LogP contribution is 2.25. The van der Waals surface area contributed by atoms with Gasteiger partial charge in [-0.15, -0.1) is 0 Å². The fraction of sp³-hybridized carbons (Fsp3) is 0. The highest BCUT2D eigenvalue weighted by atomic mass is 15.0. The summed E-state index contributed by atoms with van der Waals surface area (Å²) < 4.78 is 2.21. The van der Waals surface area contributed by atoms with Gasteiger partial charge < -0.3 is 9.38 Å². The zero-order valence-electron chi connectivity index (χ0n) is 9.80. The Balaban J connectivity index is 2.00. The molecule has 0 fully saturated rings. The molecule has 0 unspecified atom stereocenters. The lowest BCUT2D eigenvalue weighted by Crippen LogP contribution is -1.76. The van der Waals surface area contributed by atoms with Crippen LogP contribution in [0, 0.1) is 0 Å². The fourth-order valence-corrected chi connectivity index (χ4v) is 2.47. The van der Waals surface area contributed by atoms with Gasteiger partial charge in [0.05, 0.1) is 11.0 Å². The van der Waals surface area contributed by atoms with Crippen molar-refractivity contribution in [3.8, 4) is 11.1 Å². The Bertz CT molecular complexity index is 822. The van der Waals surface area contributed by atoms with Crippen LogP contribution in [0.3, 0.4) is 0 Å². The van der Waals surface area contributed by atoms with Crippen LogP contribution in [0.1, 0.15) is 0 Å². The van der Waals surface area contributed by atoms with Crippen LogP contribution in [0.4, 0.5) is 0 Å². The lowest BCUT2D eigenvalue weighted by Gasteiger charge is -1.95. The fourth-order valence-electron chi connectivity index (χ4n) is 2.47. The number of imidazole rings is 1. The molecule has 2 heteroatoms. The second-order valence-electron chi connectivity index (χ2n) is 4.49. The molecule has 0 saturated heterocycles. The van der Waals surface area contributed by atoms with Crippen molar-refractivity contribution >= 4 is 16.7 Å². The summed E-state index contributed by atoms with van der Waals surface area (Å²) in [6, 6.07) is 21.0. The van der Waals surface area contributed by atoms with Crippen LogP contribution >= 0.6 is 0 Å². The van der Waals surface area contributed by atoms with E-state index in [1.54, 1.807) is 0 Å². The quantitative estimate of drug-likeness (QED) is 0.510. The summed E-state index contributed by atoms with van der Waals surface area (Å²) in [5.41, 5.74) is 6.02. The average molecular weight is 232 g/mol. The van der Waals surface area contributed by atoms with E-state index in [2.05, 4.69) is 70.2 Å². The first kappa shape index (κ1) is 9.54. The number of fused-ring (bicyclic) bond motifs is 3. The molecular weight excluding hydrogens is 220 g/mol. The van der Waals surface area contributed by atoms with Gasteiger partial charge in [-0.25, -0.2) is 0 Å². The van der Waals surface area contributed by atoms with Crippen LogP contribution in [0.25, 0.3) is 27.8 Å². The molecule has 86 valence electrons. The molecule has 4 rings (SSSR count).